The van der Waals surface area contributed by atoms with Gasteiger partial charge in [0.1, 0.15) is 0 Å². The van der Waals surface area contributed by atoms with Gasteiger partial charge in [-0.1, -0.05) is 53.8 Å². The summed E-state index contributed by atoms with van der Waals surface area (Å²) in [5, 5.41) is 3.49. The fourth-order valence-electron chi connectivity index (χ4n) is 1.85. The highest BCUT2D eigenvalue weighted by Gasteiger charge is 2.01. The van der Waals surface area contributed by atoms with Crippen molar-refractivity contribution in [2.75, 3.05) is 6.54 Å². The van der Waals surface area contributed by atoms with Crippen molar-refractivity contribution in [2.24, 2.45) is 0 Å². The molecule has 106 valence electrons. The predicted octanol–water partition coefficient (Wildman–Crippen LogP) is 3.44. The van der Waals surface area contributed by atoms with Crippen LogP contribution in [-0.2, 0) is 11.2 Å². The van der Waals surface area contributed by atoms with Crippen molar-refractivity contribution in [3.63, 3.8) is 0 Å². The van der Waals surface area contributed by atoms with Crippen molar-refractivity contribution >= 4 is 17.5 Å². The van der Waals surface area contributed by atoms with Crippen LogP contribution in [-0.4, -0.2) is 12.5 Å². The number of rotatable bonds is 4. The van der Waals surface area contributed by atoms with Gasteiger partial charge in [0.25, 0.3) is 0 Å². The van der Waals surface area contributed by atoms with E-state index in [-0.39, 0.29) is 5.91 Å². The molecule has 0 aliphatic carbocycles. The van der Waals surface area contributed by atoms with Crippen molar-refractivity contribution in [1.82, 2.24) is 5.32 Å². The number of hydrogen-bond acceptors (Lipinski definition) is 1. The first-order chi connectivity index (χ1) is 10.2. The third kappa shape index (κ3) is 5.72. The second-order valence-corrected chi connectivity index (χ2v) is 5.01. The number of hydrogen-bond donors (Lipinski definition) is 1. The Bertz CT molecular complexity index is 656. The number of nitrogens with one attached hydrogen (secondary N) is 1. The normalized spacial score (nSPS) is 9.57. The lowest BCUT2D eigenvalue weighted by Crippen LogP contribution is -2.23. The molecule has 0 bridgehead atoms. The third-order valence-electron chi connectivity index (χ3n) is 2.91. The molecule has 0 saturated heterocycles. The second kappa shape index (κ2) is 8.14. The lowest BCUT2D eigenvalue weighted by molar-refractivity contribution is -0.120. The molecular weight excluding hydrogens is 282 g/mol. The topological polar surface area (TPSA) is 29.1 Å². The molecule has 2 rings (SSSR count). The van der Waals surface area contributed by atoms with Crippen LogP contribution in [0.2, 0.25) is 5.02 Å². The predicted molar refractivity (Wildman–Crippen MR) is 86.1 cm³/mol. The Kier molecular flexibility index (Phi) is 5.87. The van der Waals surface area contributed by atoms with Gasteiger partial charge in [0.05, 0.1) is 6.54 Å². The van der Waals surface area contributed by atoms with Crippen molar-refractivity contribution < 1.29 is 4.79 Å². The fraction of sp³-hybridized carbons (Fsp3) is 0.167. The molecule has 3 heteroatoms. The molecule has 0 saturated carbocycles. The molecule has 0 unspecified atom stereocenters. The minimum atomic E-state index is -0.00247. The molecule has 2 aromatic carbocycles. The first kappa shape index (κ1) is 15.2. The number of aryl methyl sites for hydroxylation is 1. The van der Waals surface area contributed by atoms with E-state index in [2.05, 4.69) is 17.2 Å². The van der Waals surface area contributed by atoms with Crippen LogP contribution in [0.15, 0.2) is 54.6 Å². The summed E-state index contributed by atoms with van der Waals surface area (Å²) in [5.41, 5.74) is 2.01. The van der Waals surface area contributed by atoms with Crippen LogP contribution in [0.3, 0.4) is 0 Å². The van der Waals surface area contributed by atoms with E-state index in [0.29, 0.717) is 24.4 Å². The van der Waals surface area contributed by atoms with Gasteiger partial charge in [-0.15, -0.1) is 0 Å². The molecule has 0 aliphatic heterocycles. The average molecular weight is 298 g/mol. The molecular formula is C18H16ClNO. The van der Waals surface area contributed by atoms with E-state index < -0.39 is 0 Å². The van der Waals surface area contributed by atoms with E-state index in [1.165, 1.54) is 0 Å². The molecule has 2 aromatic rings. The van der Waals surface area contributed by atoms with Crippen molar-refractivity contribution in [3.05, 3.63) is 70.7 Å². The number of amides is 1. The summed E-state index contributed by atoms with van der Waals surface area (Å²) in [6, 6.07) is 17.3. The van der Waals surface area contributed by atoms with E-state index in [1.807, 2.05) is 54.6 Å². The van der Waals surface area contributed by atoms with Crippen molar-refractivity contribution in [1.29, 1.82) is 0 Å². The molecule has 2 nitrogen and oxygen atoms in total. The molecule has 0 fully saturated rings. The highest BCUT2D eigenvalue weighted by atomic mass is 35.5. The summed E-state index contributed by atoms with van der Waals surface area (Å²) in [6.45, 7) is 0.364. The standard InChI is InChI=1S/C18H16ClNO/c19-17-10-4-8-16(14-17)11-12-18(21)20-13-5-9-15-6-2-1-3-7-15/h1-4,6-8,10,14H,11-13H2,(H,20,21). The first-order valence-electron chi connectivity index (χ1n) is 6.79. The van der Waals surface area contributed by atoms with E-state index in [1.54, 1.807) is 0 Å². The smallest absolute Gasteiger partial charge is 0.221 e. The van der Waals surface area contributed by atoms with Crippen LogP contribution in [0.4, 0.5) is 0 Å². The van der Waals surface area contributed by atoms with Crippen molar-refractivity contribution in [3.8, 4) is 11.8 Å². The lowest BCUT2D eigenvalue weighted by Gasteiger charge is -2.02. The van der Waals surface area contributed by atoms with Crippen LogP contribution in [0, 0.1) is 11.8 Å². The summed E-state index contributed by atoms with van der Waals surface area (Å²) in [7, 11) is 0. The Hall–Kier alpha value is -2.24. The summed E-state index contributed by atoms with van der Waals surface area (Å²) in [5.74, 6) is 5.93. The lowest BCUT2D eigenvalue weighted by atomic mass is 10.1. The Labute approximate surface area is 130 Å². The molecule has 1 N–H and O–H groups in total. The maximum absolute atomic E-state index is 11.7. The van der Waals surface area contributed by atoms with Gasteiger partial charge < -0.3 is 5.32 Å². The highest BCUT2D eigenvalue weighted by molar-refractivity contribution is 6.30. The van der Waals surface area contributed by atoms with Gasteiger partial charge in [-0.3, -0.25) is 4.79 Å². The zero-order chi connectivity index (χ0) is 14.9. The summed E-state index contributed by atoms with van der Waals surface area (Å²) in [4.78, 5) is 11.7. The number of benzene rings is 2. The van der Waals surface area contributed by atoms with Crippen LogP contribution in [0.1, 0.15) is 17.5 Å². The number of carbonyl (C=O) groups excluding carboxylic acids is 1. The molecule has 0 radical (unpaired) electrons. The third-order valence-corrected chi connectivity index (χ3v) is 3.15. The van der Waals surface area contributed by atoms with E-state index in [0.717, 1.165) is 11.1 Å². The quantitative estimate of drug-likeness (QED) is 0.861. The SMILES string of the molecule is O=C(CCc1cccc(Cl)c1)NCC#Cc1ccccc1. The van der Waals surface area contributed by atoms with Gasteiger partial charge in [0.15, 0.2) is 0 Å². The van der Waals surface area contributed by atoms with Crippen LogP contribution in [0.5, 0.6) is 0 Å². The van der Waals surface area contributed by atoms with E-state index in [9.17, 15) is 4.79 Å². The second-order valence-electron chi connectivity index (χ2n) is 4.57. The minimum absolute atomic E-state index is 0.00247. The Morgan fingerprint density at radius 2 is 1.90 bits per heavy atom. The number of carbonyl (C=O) groups is 1. The zero-order valence-corrected chi connectivity index (χ0v) is 12.4. The van der Waals surface area contributed by atoms with Gasteiger partial charge in [-0.2, -0.15) is 0 Å². The Morgan fingerprint density at radius 1 is 1.10 bits per heavy atom. The molecule has 0 aliphatic rings. The van der Waals surface area contributed by atoms with Gasteiger partial charge in [0.2, 0.25) is 5.91 Å². The fourth-order valence-corrected chi connectivity index (χ4v) is 2.06. The van der Waals surface area contributed by atoms with Crippen LogP contribution >= 0.6 is 11.6 Å². The molecule has 1 amide bonds. The van der Waals surface area contributed by atoms with E-state index in [4.69, 9.17) is 11.6 Å². The molecule has 21 heavy (non-hydrogen) atoms. The maximum atomic E-state index is 11.7. The summed E-state index contributed by atoms with van der Waals surface area (Å²) in [6.07, 6.45) is 1.12. The van der Waals surface area contributed by atoms with Gasteiger partial charge >= 0.3 is 0 Å². The zero-order valence-electron chi connectivity index (χ0n) is 11.6. The maximum Gasteiger partial charge on any atom is 0.221 e. The molecule has 0 heterocycles. The molecule has 0 atom stereocenters. The Balaban J connectivity index is 1.72. The summed E-state index contributed by atoms with van der Waals surface area (Å²) < 4.78 is 0. The molecule has 0 aromatic heterocycles. The Morgan fingerprint density at radius 3 is 2.67 bits per heavy atom. The van der Waals surface area contributed by atoms with Crippen LogP contribution in [0.25, 0.3) is 0 Å². The van der Waals surface area contributed by atoms with Crippen LogP contribution < -0.4 is 5.32 Å². The summed E-state index contributed by atoms with van der Waals surface area (Å²) >= 11 is 5.90. The molecule has 0 spiro atoms. The average Bonchev–Trinajstić information content (AvgIpc) is 2.51. The van der Waals surface area contributed by atoms with Gasteiger partial charge in [-0.05, 0) is 36.2 Å². The number of halogens is 1. The monoisotopic (exact) mass is 297 g/mol. The largest absolute Gasteiger partial charge is 0.345 e. The van der Waals surface area contributed by atoms with Gasteiger partial charge in [-0.25, -0.2) is 0 Å². The van der Waals surface area contributed by atoms with Gasteiger partial charge in [0, 0.05) is 17.0 Å². The highest BCUT2D eigenvalue weighted by Crippen LogP contribution is 2.11. The van der Waals surface area contributed by atoms with Crippen molar-refractivity contribution in [2.45, 2.75) is 12.8 Å². The van der Waals surface area contributed by atoms with E-state index >= 15 is 0 Å². The first-order valence-corrected chi connectivity index (χ1v) is 7.17. The minimum Gasteiger partial charge on any atom is -0.345 e.